The lowest BCUT2D eigenvalue weighted by molar-refractivity contribution is -0.137. The number of hydrogen-bond donors (Lipinski definition) is 2. The summed E-state index contributed by atoms with van der Waals surface area (Å²) in [5.74, 6) is 0.0545. The number of amides is 2. The molecule has 0 aliphatic carbocycles. The van der Waals surface area contributed by atoms with Crippen molar-refractivity contribution in [1.29, 1.82) is 0 Å². The Morgan fingerprint density at radius 2 is 1.88 bits per heavy atom. The molecule has 1 unspecified atom stereocenters. The molecule has 2 N–H and O–H groups in total. The third-order valence-electron chi connectivity index (χ3n) is 5.23. The monoisotopic (exact) mass is 358 g/mol. The smallest absolute Gasteiger partial charge is 0.242 e. The van der Waals surface area contributed by atoms with Gasteiger partial charge in [-0.2, -0.15) is 0 Å². The number of likely N-dealkylation sites (tertiary alicyclic amines) is 1. The molecule has 2 amide bonds. The third kappa shape index (κ3) is 5.29. The minimum absolute atomic E-state index is 0.00391. The summed E-state index contributed by atoms with van der Waals surface area (Å²) in [4.78, 5) is 29.3. The predicted molar refractivity (Wildman–Crippen MR) is 102 cm³/mol. The molecule has 2 aliphatic rings. The SMILES string of the molecule is O=C(NCCCN1CCNCC1)C1CCCN1C(=O)Cc1ccccc1. The normalized spacial score (nSPS) is 20.9. The first-order valence-electron chi connectivity index (χ1n) is 9.78. The fourth-order valence-electron chi connectivity index (χ4n) is 3.78. The third-order valence-corrected chi connectivity index (χ3v) is 5.23. The van der Waals surface area contributed by atoms with Crippen molar-refractivity contribution >= 4 is 11.8 Å². The molecule has 2 fully saturated rings. The molecule has 6 nitrogen and oxygen atoms in total. The molecule has 1 aromatic carbocycles. The zero-order valence-electron chi connectivity index (χ0n) is 15.5. The molecule has 0 saturated carbocycles. The molecule has 26 heavy (non-hydrogen) atoms. The van der Waals surface area contributed by atoms with Gasteiger partial charge in [0.05, 0.1) is 6.42 Å². The van der Waals surface area contributed by atoms with Crippen LogP contribution in [0.5, 0.6) is 0 Å². The molecular formula is C20H30N4O2. The zero-order chi connectivity index (χ0) is 18.2. The van der Waals surface area contributed by atoms with Crippen LogP contribution in [0.4, 0.5) is 0 Å². The van der Waals surface area contributed by atoms with E-state index in [9.17, 15) is 9.59 Å². The van der Waals surface area contributed by atoms with Gasteiger partial charge in [0.15, 0.2) is 0 Å². The van der Waals surface area contributed by atoms with Gasteiger partial charge < -0.3 is 20.4 Å². The lowest BCUT2D eigenvalue weighted by Crippen LogP contribution is -2.47. The van der Waals surface area contributed by atoms with Gasteiger partial charge >= 0.3 is 0 Å². The van der Waals surface area contributed by atoms with Crippen LogP contribution >= 0.6 is 0 Å². The van der Waals surface area contributed by atoms with Crippen LogP contribution in [-0.2, 0) is 16.0 Å². The summed E-state index contributed by atoms with van der Waals surface area (Å²) in [5, 5.41) is 6.38. The highest BCUT2D eigenvalue weighted by Crippen LogP contribution is 2.19. The minimum Gasteiger partial charge on any atom is -0.354 e. The van der Waals surface area contributed by atoms with Crippen molar-refractivity contribution in [3.8, 4) is 0 Å². The minimum atomic E-state index is -0.301. The van der Waals surface area contributed by atoms with Crippen LogP contribution < -0.4 is 10.6 Å². The first-order valence-corrected chi connectivity index (χ1v) is 9.78. The van der Waals surface area contributed by atoms with Gasteiger partial charge in [-0.25, -0.2) is 0 Å². The average Bonchev–Trinajstić information content (AvgIpc) is 3.17. The highest BCUT2D eigenvalue weighted by molar-refractivity contribution is 5.89. The number of carbonyl (C=O) groups is 2. The van der Waals surface area contributed by atoms with Crippen LogP contribution in [-0.4, -0.2) is 73.5 Å². The van der Waals surface area contributed by atoms with E-state index in [0.717, 1.165) is 57.5 Å². The largest absolute Gasteiger partial charge is 0.354 e. The van der Waals surface area contributed by atoms with E-state index in [2.05, 4.69) is 15.5 Å². The van der Waals surface area contributed by atoms with Gasteiger partial charge in [0.25, 0.3) is 0 Å². The Morgan fingerprint density at radius 3 is 2.65 bits per heavy atom. The van der Waals surface area contributed by atoms with E-state index in [0.29, 0.717) is 19.5 Å². The summed E-state index contributed by atoms with van der Waals surface area (Å²) in [6, 6.07) is 9.44. The van der Waals surface area contributed by atoms with Gasteiger partial charge in [-0.1, -0.05) is 30.3 Å². The van der Waals surface area contributed by atoms with Crippen molar-refractivity contribution in [3.63, 3.8) is 0 Å². The van der Waals surface area contributed by atoms with Gasteiger partial charge in [-0.05, 0) is 31.4 Å². The number of rotatable bonds is 7. The molecule has 0 radical (unpaired) electrons. The van der Waals surface area contributed by atoms with Crippen molar-refractivity contribution in [2.24, 2.45) is 0 Å². The second kappa shape index (κ2) is 9.69. The number of benzene rings is 1. The Hall–Kier alpha value is -1.92. The topological polar surface area (TPSA) is 64.7 Å². The van der Waals surface area contributed by atoms with E-state index < -0.39 is 0 Å². The van der Waals surface area contributed by atoms with Crippen molar-refractivity contribution in [3.05, 3.63) is 35.9 Å². The Balaban J connectivity index is 1.41. The highest BCUT2D eigenvalue weighted by atomic mass is 16.2. The van der Waals surface area contributed by atoms with Crippen LogP contribution in [0.3, 0.4) is 0 Å². The summed E-state index contributed by atoms with van der Waals surface area (Å²) in [7, 11) is 0. The van der Waals surface area contributed by atoms with Crippen LogP contribution in [0, 0.1) is 0 Å². The zero-order valence-corrected chi connectivity index (χ0v) is 15.5. The molecular weight excluding hydrogens is 328 g/mol. The van der Waals surface area contributed by atoms with Crippen LogP contribution in [0.1, 0.15) is 24.8 Å². The molecule has 2 saturated heterocycles. The maximum atomic E-state index is 12.6. The standard InChI is InChI=1S/C20H30N4O2/c25-19(16-17-6-2-1-3-7-17)24-13-4-8-18(24)20(26)22-9-5-12-23-14-10-21-11-15-23/h1-3,6-7,18,21H,4-5,8-16H2,(H,22,26). The van der Waals surface area contributed by atoms with E-state index >= 15 is 0 Å². The Labute approximate surface area is 155 Å². The molecule has 3 rings (SSSR count). The predicted octanol–water partition coefficient (Wildman–Crippen LogP) is 0.632. The lowest BCUT2D eigenvalue weighted by atomic mass is 10.1. The fourth-order valence-corrected chi connectivity index (χ4v) is 3.78. The number of carbonyl (C=O) groups excluding carboxylic acids is 2. The van der Waals surface area contributed by atoms with Crippen LogP contribution in [0.2, 0.25) is 0 Å². The van der Waals surface area contributed by atoms with Crippen molar-refractivity contribution in [2.45, 2.75) is 31.7 Å². The Bertz CT molecular complexity index is 587. The number of nitrogens with zero attached hydrogens (tertiary/aromatic N) is 2. The average molecular weight is 358 g/mol. The summed E-state index contributed by atoms with van der Waals surface area (Å²) < 4.78 is 0. The first kappa shape index (κ1) is 18.9. The molecule has 2 heterocycles. The molecule has 142 valence electrons. The fraction of sp³-hybridized carbons (Fsp3) is 0.600. The quantitative estimate of drug-likeness (QED) is 0.702. The number of nitrogens with one attached hydrogen (secondary N) is 2. The molecule has 0 aromatic heterocycles. The highest BCUT2D eigenvalue weighted by Gasteiger charge is 2.33. The summed E-state index contributed by atoms with van der Waals surface area (Å²) >= 11 is 0. The van der Waals surface area contributed by atoms with Crippen molar-refractivity contribution in [1.82, 2.24) is 20.4 Å². The summed E-state index contributed by atoms with van der Waals surface area (Å²) in [5.41, 5.74) is 1.000. The maximum Gasteiger partial charge on any atom is 0.242 e. The van der Waals surface area contributed by atoms with E-state index in [4.69, 9.17) is 0 Å². The molecule has 0 spiro atoms. The lowest BCUT2D eigenvalue weighted by Gasteiger charge is -2.27. The van der Waals surface area contributed by atoms with Gasteiger partial charge in [-0.3, -0.25) is 9.59 Å². The summed E-state index contributed by atoms with van der Waals surface area (Å²) in [6.45, 7) is 6.64. The summed E-state index contributed by atoms with van der Waals surface area (Å²) in [6.07, 6.45) is 2.99. The molecule has 1 atom stereocenters. The van der Waals surface area contributed by atoms with E-state index in [1.165, 1.54) is 0 Å². The second-order valence-corrected chi connectivity index (χ2v) is 7.14. The van der Waals surface area contributed by atoms with E-state index in [1.807, 2.05) is 30.3 Å². The van der Waals surface area contributed by atoms with Crippen molar-refractivity contribution in [2.75, 3.05) is 45.8 Å². The second-order valence-electron chi connectivity index (χ2n) is 7.14. The molecule has 1 aromatic rings. The maximum absolute atomic E-state index is 12.6. The number of piperazine rings is 1. The van der Waals surface area contributed by atoms with Crippen molar-refractivity contribution < 1.29 is 9.59 Å². The van der Waals surface area contributed by atoms with E-state index in [-0.39, 0.29) is 17.9 Å². The van der Waals surface area contributed by atoms with Gasteiger partial charge in [0.1, 0.15) is 6.04 Å². The molecule has 0 bridgehead atoms. The number of hydrogen-bond acceptors (Lipinski definition) is 4. The van der Waals surface area contributed by atoms with E-state index in [1.54, 1.807) is 4.90 Å². The first-order chi connectivity index (χ1) is 12.7. The van der Waals surface area contributed by atoms with Crippen LogP contribution in [0.25, 0.3) is 0 Å². The molecule has 2 aliphatic heterocycles. The van der Waals surface area contributed by atoms with Gasteiger partial charge in [-0.15, -0.1) is 0 Å². The van der Waals surface area contributed by atoms with Gasteiger partial charge in [0.2, 0.25) is 11.8 Å². The Morgan fingerprint density at radius 1 is 1.12 bits per heavy atom. The van der Waals surface area contributed by atoms with Crippen LogP contribution in [0.15, 0.2) is 30.3 Å². The van der Waals surface area contributed by atoms with Gasteiger partial charge in [0, 0.05) is 39.3 Å². The Kier molecular flexibility index (Phi) is 7.03. The molecule has 6 heteroatoms.